The van der Waals surface area contributed by atoms with Crippen molar-refractivity contribution >= 4 is 27.3 Å². The Bertz CT molecular complexity index is 744. The second-order valence-corrected chi connectivity index (χ2v) is 6.78. The van der Waals surface area contributed by atoms with Crippen molar-refractivity contribution in [2.75, 3.05) is 22.4 Å². The van der Waals surface area contributed by atoms with Gasteiger partial charge >= 0.3 is 0 Å². The largest absolute Gasteiger partial charge is 0.325 e. The standard InChI is InChI=1S/C14H16N4O2S/c1-21(19,20)17-13-8-9-14(16-15-13)18-10-4-6-11-5-2-3-7-12(11)18/h2-3,5,7-9H,4,6,10H2,1H3,(H,15,17). The third-order valence-electron chi connectivity index (χ3n) is 3.33. The van der Waals surface area contributed by atoms with E-state index < -0.39 is 10.0 Å². The minimum absolute atomic E-state index is 0.228. The molecule has 0 bridgehead atoms. The Labute approximate surface area is 123 Å². The van der Waals surface area contributed by atoms with Crippen LogP contribution >= 0.6 is 0 Å². The first-order chi connectivity index (χ1) is 10.0. The van der Waals surface area contributed by atoms with Crippen molar-refractivity contribution in [2.45, 2.75) is 12.8 Å². The van der Waals surface area contributed by atoms with Crippen molar-refractivity contribution in [3.8, 4) is 0 Å². The Hall–Kier alpha value is -2.15. The summed E-state index contributed by atoms with van der Waals surface area (Å²) < 4.78 is 24.6. The second kappa shape index (κ2) is 5.33. The Balaban J connectivity index is 1.89. The van der Waals surface area contributed by atoms with Crippen LogP contribution in [-0.4, -0.2) is 31.4 Å². The number of rotatable bonds is 3. The van der Waals surface area contributed by atoms with Crippen molar-refractivity contribution in [1.29, 1.82) is 0 Å². The van der Waals surface area contributed by atoms with E-state index >= 15 is 0 Å². The Morgan fingerprint density at radius 3 is 2.67 bits per heavy atom. The first kappa shape index (κ1) is 13.8. The minimum Gasteiger partial charge on any atom is -0.325 e. The number of nitrogens with zero attached hydrogens (tertiary/aromatic N) is 3. The monoisotopic (exact) mass is 304 g/mol. The number of anilines is 3. The fourth-order valence-corrected chi connectivity index (χ4v) is 2.97. The van der Waals surface area contributed by atoms with E-state index in [1.54, 1.807) is 12.1 Å². The molecule has 1 aliphatic rings. The summed E-state index contributed by atoms with van der Waals surface area (Å²) in [4.78, 5) is 2.11. The van der Waals surface area contributed by atoms with Crippen LogP contribution in [0.25, 0.3) is 0 Å². The van der Waals surface area contributed by atoms with Crippen molar-refractivity contribution < 1.29 is 8.42 Å². The summed E-state index contributed by atoms with van der Waals surface area (Å²) in [6.45, 7) is 0.880. The molecule has 21 heavy (non-hydrogen) atoms. The van der Waals surface area contributed by atoms with Crippen LogP contribution in [0, 0.1) is 0 Å². The lowest BCUT2D eigenvalue weighted by atomic mass is 10.0. The van der Waals surface area contributed by atoms with Crippen molar-refractivity contribution in [2.24, 2.45) is 0 Å². The first-order valence-electron chi connectivity index (χ1n) is 6.70. The number of hydrogen-bond donors (Lipinski definition) is 1. The van der Waals surface area contributed by atoms with Crippen molar-refractivity contribution in [3.63, 3.8) is 0 Å². The molecule has 1 aromatic heterocycles. The van der Waals surface area contributed by atoms with Crippen molar-refractivity contribution in [3.05, 3.63) is 42.0 Å². The molecule has 7 heteroatoms. The third kappa shape index (κ3) is 3.13. The van der Waals surface area contributed by atoms with E-state index in [2.05, 4.69) is 32.0 Å². The van der Waals surface area contributed by atoms with Gasteiger partial charge in [0.1, 0.15) is 0 Å². The Morgan fingerprint density at radius 1 is 1.14 bits per heavy atom. The molecule has 2 heterocycles. The molecule has 0 atom stereocenters. The van der Waals surface area contributed by atoms with Gasteiger partial charge < -0.3 is 4.90 Å². The number of aryl methyl sites for hydroxylation is 1. The zero-order valence-corrected chi connectivity index (χ0v) is 12.5. The van der Waals surface area contributed by atoms with Gasteiger partial charge in [-0.25, -0.2) is 8.42 Å². The topological polar surface area (TPSA) is 75.2 Å². The fourth-order valence-electron chi connectivity index (χ4n) is 2.49. The molecule has 0 saturated carbocycles. The predicted molar refractivity (Wildman–Crippen MR) is 82.3 cm³/mol. The number of sulfonamides is 1. The molecule has 0 radical (unpaired) electrons. The molecule has 0 unspecified atom stereocenters. The molecule has 2 aromatic rings. The van der Waals surface area contributed by atoms with Gasteiger partial charge in [0, 0.05) is 12.2 Å². The number of fused-ring (bicyclic) bond motifs is 1. The highest BCUT2D eigenvalue weighted by Crippen LogP contribution is 2.31. The van der Waals surface area contributed by atoms with Crippen LogP contribution in [0.2, 0.25) is 0 Å². The van der Waals surface area contributed by atoms with Crippen LogP contribution in [0.1, 0.15) is 12.0 Å². The SMILES string of the molecule is CS(=O)(=O)Nc1ccc(N2CCCc3ccccc32)nn1. The first-order valence-corrected chi connectivity index (χ1v) is 8.59. The summed E-state index contributed by atoms with van der Waals surface area (Å²) in [5, 5.41) is 8.06. The average molecular weight is 304 g/mol. The molecule has 0 amide bonds. The van der Waals surface area contributed by atoms with Gasteiger partial charge in [0.25, 0.3) is 0 Å². The van der Waals surface area contributed by atoms with Gasteiger partial charge in [-0.1, -0.05) is 18.2 Å². The van der Waals surface area contributed by atoms with E-state index in [-0.39, 0.29) is 5.82 Å². The van der Waals surface area contributed by atoms with E-state index in [0.29, 0.717) is 0 Å². The maximum Gasteiger partial charge on any atom is 0.231 e. The quantitative estimate of drug-likeness (QED) is 0.938. The summed E-state index contributed by atoms with van der Waals surface area (Å²) in [7, 11) is -3.33. The van der Waals surface area contributed by atoms with Gasteiger partial charge in [0.15, 0.2) is 11.6 Å². The summed E-state index contributed by atoms with van der Waals surface area (Å²) in [5.41, 5.74) is 2.44. The molecule has 1 aliphatic heterocycles. The average Bonchev–Trinajstić information content (AvgIpc) is 2.46. The maximum atomic E-state index is 11.2. The van der Waals surface area contributed by atoms with Gasteiger partial charge in [-0.05, 0) is 36.6 Å². The van der Waals surface area contributed by atoms with Crippen LogP contribution in [-0.2, 0) is 16.4 Å². The zero-order valence-electron chi connectivity index (χ0n) is 11.7. The van der Waals surface area contributed by atoms with Gasteiger partial charge in [-0.3, -0.25) is 4.72 Å². The second-order valence-electron chi connectivity index (χ2n) is 5.03. The van der Waals surface area contributed by atoms with Crippen LogP contribution in [0.15, 0.2) is 36.4 Å². The lowest BCUT2D eigenvalue weighted by Crippen LogP contribution is -2.25. The Kier molecular flexibility index (Phi) is 3.50. The molecule has 1 N–H and O–H groups in total. The Morgan fingerprint density at radius 2 is 1.95 bits per heavy atom. The highest BCUT2D eigenvalue weighted by molar-refractivity contribution is 7.92. The highest BCUT2D eigenvalue weighted by atomic mass is 32.2. The molecule has 0 aliphatic carbocycles. The number of benzene rings is 1. The maximum absolute atomic E-state index is 11.2. The molecular weight excluding hydrogens is 288 g/mol. The van der Waals surface area contributed by atoms with E-state index in [9.17, 15) is 8.42 Å². The van der Waals surface area contributed by atoms with E-state index in [0.717, 1.165) is 37.1 Å². The van der Waals surface area contributed by atoms with Gasteiger partial charge in [-0.15, -0.1) is 10.2 Å². The number of hydrogen-bond acceptors (Lipinski definition) is 5. The molecular formula is C14H16N4O2S. The lowest BCUT2D eigenvalue weighted by molar-refractivity contribution is 0.606. The van der Waals surface area contributed by atoms with Crippen LogP contribution < -0.4 is 9.62 Å². The van der Waals surface area contributed by atoms with Gasteiger partial charge in [0.2, 0.25) is 10.0 Å². The summed E-state index contributed by atoms with van der Waals surface area (Å²) >= 11 is 0. The molecule has 110 valence electrons. The third-order valence-corrected chi connectivity index (χ3v) is 3.91. The molecule has 0 spiro atoms. The lowest BCUT2D eigenvalue weighted by Gasteiger charge is -2.29. The molecule has 1 aromatic carbocycles. The zero-order chi connectivity index (χ0) is 14.9. The summed E-state index contributed by atoms with van der Waals surface area (Å²) in [5.74, 6) is 0.952. The number of aromatic nitrogens is 2. The summed E-state index contributed by atoms with van der Waals surface area (Å²) in [6, 6.07) is 11.6. The van der Waals surface area contributed by atoms with Gasteiger partial charge in [-0.2, -0.15) is 0 Å². The molecule has 6 nitrogen and oxygen atoms in total. The van der Waals surface area contributed by atoms with Crippen LogP contribution in [0.4, 0.5) is 17.3 Å². The number of para-hydroxylation sites is 1. The molecule has 3 rings (SSSR count). The normalized spacial score (nSPS) is 14.6. The van der Waals surface area contributed by atoms with Gasteiger partial charge in [0.05, 0.1) is 6.26 Å². The highest BCUT2D eigenvalue weighted by Gasteiger charge is 2.19. The predicted octanol–water partition coefficient (Wildman–Crippen LogP) is 1.93. The van der Waals surface area contributed by atoms with E-state index in [1.165, 1.54) is 5.56 Å². The van der Waals surface area contributed by atoms with Crippen LogP contribution in [0.5, 0.6) is 0 Å². The smallest absolute Gasteiger partial charge is 0.231 e. The fraction of sp³-hybridized carbons (Fsp3) is 0.286. The van der Waals surface area contributed by atoms with Crippen LogP contribution in [0.3, 0.4) is 0 Å². The van der Waals surface area contributed by atoms with E-state index in [1.807, 2.05) is 12.1 Å². The van der Waals surface area contributed by atoms with Crippen molar-refractivity contribution in [1.82, 2.24) is 10.2 Å². The summed E-state index contributed by atoms with van der Waals surface area (Å²) in [6.07, 6.45) is 3.21. The number of nitrogens with one attached hydrogen (secondary N) is 1. The molecule has 0 fully saturated rings. The van der Waals surface area contributed by atoms with E-state index in [4.69, 9.17) is 0 Å². The molecule has 0 saturated heterocycles. The minimum atomic E-state index is -3.33.